The first-order chi connectivity index (χ1) is 16.4. The summed E-state index contributed by atoms with van der Waals surface area (Å²) < 4.78 is 36.1. The van der Waals surface area contributed by atoms with Crippen LogP contribution < -0.4 is 143 Å². The molecule has 1 aliphatic heterocycles. The van der Waals surface area contributed by atoms with Crippen LogP contribution in [0, 0.1) is 23.7 Å². The summed E-state index contributed by atoms with van der Waals surface area (Å²) in [6, 6.07) is 5.38. The number of alkyl halides is 1. The van der Waals surface area contributed by atoms with Gasteiger partial charge in [-0.25, -0.2) is 9.28 Å². The molecule has 0 N–H and O–H groups in total. The van der Waals surface area contributed by atoms with Crippen molar-refractivity contribution in [3.05, 3.63) is 29.8 Å². The van der Waals surface area contributed by atoms with Gasteiger partial charge in [-0.15, -0.1) is 0 Å². The number of phosphoric ester groups is 1. The summed E-state index contributed by atoms with van der Waals surface area (Å²) in [7, 11) is -5.38. The average molecular weight is 604 g/mol. The van der Waals surface area contributed by atoms with Crippen molar-refractivity contribution < 1.29 is 176 Å². The first-order valence-corrected chi connectivity index (χ1v) is 12.8. The average Bonchev–Trinajstić information content (AvgIpc) is 2.74. The number of hydrogen-bond acceptors (Lipinski definition) is 11. The molecule has 1 heterocycles. The normalized spacial score (nSPS) is 32.0. The number of rotatable bonds is 9. The maximum absolute atomic E-state index is 14.5. The number of benzene rings is 1. The summed E-state index contributed by atoms with van der Waals surface area (Å²) in [4.78, 5) is 55.9. The Bertz CT molecular complexity index is 1060. The van der Waals surface area contributed by atoms with Gasteiger partial charge in [-0.3, -0.25) is 0 Å². The summed E-state index contributed by atoms with van der Waals surface area (Å²) in [5.74, 6) is -6.05. The van der Waals surface area contributed by atoms with Gasteiger partial charge in [0.05, 0.1) is 18.5 Å². The summed E-state index contributed by atoms with van der Waals surface area (Å²) in [6.07, 6.45) is 3.26. The molecule has 0 amide bonds. The molecule has 11 nitrogen and oxygen atoms in total. The number of aliphatic carboxylic acids is 2. The molecule has 39 heavy (non-hydrogen) atoms. The van der Waals surface area contributed by atoms with Crippen LogP contribution in [0.5, 0.6) is 5.75 Å². The molecular weight excluding hydrogens is 582 g/mol. The van der Waals surface area contributed by atoms with Crippen LogP contribution in [0.25, 0.3) is 0 Å². The van der Waals surface area contributed by atoms with Gasteiger partial charge in [0.2, 0.25) is 0 Å². The Labute approximate surface area is 312 Å². The third-order valence-corrected chi connectivity index (χ3v) is 8.43. The van der Waals surface area contributed by atoms with Gasteiger partial charge in [-0.2, -0.15) is 4.89 Å². The van der Waals surface area contributed by atoms with Crippen LogP contribution in [0.4, 0.5) is 4.39 Å². The second kappa shape index (κ2) is 14.3. The van der Waals surface area contributed by atoms with Crippen LogP contribution in [-0.4, -0.2) is 29.8 Å². The zero-order valence-electron chi connectivity index (χ0n) is 22.4. The molecule has 192 valence electrons. The molecule has 6 rings (SSSR count). The summed E-state index contributed by atoms with van der Waals surface area (Å²) in [6.45, 7) is -0.734. The van der Waals surface area contributed by atoms with Crippen molar-refractivity contribution >= 4 is 19.8 Å². The molecule has 5 aliphatic rings. The Hall–Kier alpha value is 1.92. The van der Waals surface area contributed by atoms with Crippen LogP contribution >= 0.6 is 7.82 Å². The molecule has 4 saturated carbocycles. The molecule has 1 spiro atoms. The summed E-state index contributed by atoms with van der Waals surface area (Å²) >= 11 is 0. The van der Waals surface area contributed by atoms with Crippen molar-refractivity contribution in [2.75, 3.05) is 6.61 Å². The van der Waals surface area contributed by atoms with Gasteiger partial charge in [0.15, 0.2) is 11.3 Å². The molecule has 1 aromatic rings. The van der Waals surface area contributed by atoms with Crippen molar-refractivity contribution in [3.8, 4) is 5.75 Å². The maximum Gasteiger partial charge on any atom is 1.00 e. The van der Waals surface area contributed by atoms with Crippen LogP contribution in [0.2, 0.25) is 0 Å². The van der Waals surface area contributed by atoms with Gasteiger partial charge in [0, 0.05) is 12.0 Å². The molecule has 1 atom stereocenters. The summed E-state index contributed by atoms with van der Waals surface area (Å²) in [5.41, 5.74) is -4.65. The van der Waals surface area contributed by atoms with E-state index in [1.807, 2.05) is 0 Å². The molecule has 0 aromatic heterocycles. The van der Waals surface area contributed by atoms with E-state index in [1.165, 1.54) is 24.3 Å². The zero-order chi connectivity index (χ0) is 25.2. The van der Waals surface area contributed by atoms with E-state index in [9.17, 15) is 38.5 Å². The SMILES string of the molecule is O=C([O-])C(F)(CCOC1(c2cccc(OP(=O)([O-])[O-])c2)OOC12C1CC3CC(C1)CC2C3)C(=O)[O-].[Na+].[Na+].[Na+].[Na+]. The van der Waals surface area contributed by atoms with Gasteiger partial charge in [-0.1, -0.05) is 12.1 Å². The quantitative estimate of drug-likeness (QED) is 0.113. The van der Waals surface area contributed by atoms with Gasteiger partial charge < -0.3 is 43.4 Å². The molecule has 1 unspecified atom stereocenters. The number of ether oxygens (including phenoxy) is 1. The van der Waals surface area contributed by atoms with Gasteiger partial charge in [-0.05, 0) is 67.9 Å². The molecule has 4 bridgehead atoms. The number of carbonyl (C=O) groups is 2. The van der Waals surface area contributed by atoms with Crippen molar-refractivity contribution in [3.63, 3.8) is 0 Å². The van der Waals surface area contributed by atoms with E-state index in [0.717, 1.165) is 32.1 Å². The number of carboxylic acid groups (broad SMARTS) is 2. The minimum atomic E-state index is -5.38. The van der Waals surface area contributed by atoms with Crippen molar-refractivity contribution in [1.82, 2.24) is 0 Å². The minimum Gasteiger partial charge on any atom is -0.780 e. The van der Waals surface area contributed by atoms with Crippen molar-refractivity contribution in [2.24, 2.45) is 23.7 Å². The zero-order valence-corrected chi connectivity index (χ0v) is 31.3. The molecule has 4 aliphatic carbocycles. The number of phosphoric acid groups is 1. The number of carbonyl (C=O) groups excluding carboxylic acids is 2. The molecule has 1 saturated heterocycles. The summed E-state index contributed by atoms with van der Waals surface area (Å²) in [5, 5.41) is 22.2. The van der Waals surface area contributed by atoms with Crippen LogP contribution in [0.3, 0.4) is 0 Å². The maximum atomic E-state index is 14.5. The molecule has 5 fully saturated rings. The molecule has 17 heteroatoms. The van der Waals surface area contributed by atoms with E-state index < -0.39 is 49.8 Å². The van der Waals surface area contributed by atoms with Crippen LogP contribution in [0.1, 0.15) is 44.1 Å². The monoisotopic (exact) mass is 604 g/mol. The topological polar surface area (TPSA) is 180 Å². The van der Waals surface area contributed by atoms with Crippen molar-refractivity contribution in [1.29, 1.82) is 0 Å². The largest absolute Gasteiger partial charge is 1.00 e. The van der Waals surface area contributed by atoms with E-state index in [4.69, 9.17) is 14.5 Å². The van der Waals surface area contributed by atoms with E-state index in [0.29, 0.717) is 11.8 Å². The van der Waals surface area contributed by atoms with E-state index >= 15 is 0 Å². The Morgan fingerprint density at radius 3 is 1.95 bits per heavy atom. The fraction of sp³-hybridized carbons (Fsp3) is 0.636. The molecule has 1 aromatic carbocycles. The molecule has 0 radical (unpaired) electrons. The number of carboxylic acids is 2. The standard InChI is InChI=1S/C22H26FO11P.4Na/c23-20(18(24)25,19(26)27)4-5-31-22(14-2-1-3-17(11-14)32-35(28,29)30)21(33-34-22)15-7-12-6-13(9-15)10-16(21)8-12;;;;/h1-3,11-13,15-16H,4-10H2,(H,24,25)(H,26,27)(H2,28,29,30);;;;/q;4*+1/p-4. The Balaban J connectivity index is 0.00000190. The van der Waals surface area contributed by atoms with Gasteiger partial charge in [0.25, 0.3) is 5.79 Å². The predicted octanol–water partition coefficient (Wildman–Crippen LogP) is -13.2. The number of halogens is 1. The van der Waals surface area contributed by atoms with Gasteiger partial charge >= 0.3 is 118 Å². The second-order valence-corrected chi connectivity index (χ2v) is 11.0. The van der Waals surface area contributed by atoms with E-state index in [2.05, 4.69) is 4.52 Å². The molecular formula is C22H22FNa4O11P. The van der Waals surface area contributed by atoms with E-state index in [1.54, 1.807) is 0 Å². The fourth-order valence-electron chi connectivity index (χ4n) is 6.77. The smallest absolute Gasteiger partial charge is 0.780 e. The predicted molar refractivity (Wildman–Crippen MR) is 103 cm³/mol. The fourth-order valence-corrected chi connectivity index (χ4v) is 7.15. The van der Waals surface area contributed by atoms with Crippen LogP contribution in [-0.2, 0) is 34.5 Å². The minimum absolute atomic E-state index is 0. The second-order valence-electron chi connectivity index (χ2n) is 9.92. The van der Waals surface area contributed by atoms with Crippen molar-refractivity contribution in [2.45, 2.75) is 55.6 Å². The first kappa shape index (κ1) is 38.9. The van der Waals surface area contributed by atoms with Gasteiger partial charge in [0.1, 0.15) is 13.6 Å². The Morgan fingerprint density at radius 2 is 1.51 bits per heavy atom. The first-order valence-electron chi connectivity index (χ1n) is 11.3. The Morgan fingerprint density at radius 1 is 0.974 bits per heavy atom. The third kappa shape index (κ3) is 6.94. The Kier molecular flexibility index (Phi) is 14.3. The third-order valence-electron chi connectivity index (χ3n) is 7.99. The van der Waals surface area contributed by atoms with Crippen LogP contribution in [0.15, 0.2) is 24.3 Å². The van der Waals surface area contributed by atoms with E-state index in [-0.39, 0.29) is 141 Å². The number of hydrogen-bond donors (Lipinski definition) is 0.